The number of hydrogen-bond acceptors (Lipinski definition) is 5. The first kappa shape index (κ1) is 15.5. The van der Waals surface area contributed by atoms with Crippen LogP contribution in [0.3, 0.4) is 0 Å². The van der Waals surface area contributed by atoms with Crippen molar-refractivity contribution in [2.45, 2.75) is 11.0 Å². The highest BCUT2D eigenvalue weighted by atomic mass is 32.2. The van der Waals surface area contributed by atoms with Gasteiger partial charge in [-0.2, -0.15) is 0 Å². The second kappa shape index (κ2) is 6.25. The first-order valence-corrected chi connectivity index (χ1v) is 7.45. The number of rotatable bonds is 6. The lowest BCUT2D eigenvalue weighted by Gasteiger charge is -2.13. The largest absolute Gasteiger partial charge is 0.495 e. The topological polar surface area (TPSA) is 88.8 Å². The molecule has 0 bridgehead atoms. The Kier molecular flexibility index (Phi) is 4.61. The highest BCUT2D eigenvalue weighted by Crippen LogP contribution is 2.24. The van der Waals surface area contributed by atoms with Crippen LogP contribution in [0.4, 0.5) is 4.39 Å². The Balaban J connectivity index is 2.17. The molecule has 0 spiro atoms. The van der Waals surface area contributed by atoms with Crippen molar-refractivity contribution >= 4 is 10.0 Å². The van der Waals surface area contributed by atoms with Gasteiger partial charge in [0.15, 0.2) is 0 Å². The Morgan fingerprint density at radius 1 is 1.43 bits per heavy atom. The number of nitrogens with one attached hydrogen (secondary N) is 1. The summed E-state index contributed by atoms with van der Waals surface area (Å²) >= 11 is 0. The van der Waals surface area contributed by atoms with E-state index in [1.54, 1.807) is 0 Å². The lowest BCUT2D eigenvalue weighted by Crippen LogP contribution is -2.28. The van der Waals surface area contributed by atoms with Crippen molar-refractivity contribution < 1.29 is 27.1 Å². The van der Waals surface area contributed by atoms with Crippen molar-refractivity contribution in [2.75, 3.05) is 13.7 Å². The average molecular weight is 315 g/mol. The molecule has 21 heavy (non-hydrogen) atoms. The second-order valence-electron chi connectivity index (χ2n) is 4.22. The van der Waals surface area contributed by atoms with Crippen LogP contribution in [0, 0.1) is 5.82 Å². The zero-order valence-electron chi connectivity index (χ0n) is 11.1. The van der Waals surface area contributed by atoms with E-state index in [1.165, 1.54) is 31.8 Å². The summed E-state index contributed by atoms with van der Waals surface area (Å²) in [5.74, 6) is -0.687. The molecule has 1 aromatic heterocycles. The SMILES string of the molecule is COc1ccc(F)cc1S(=O)(=O)NC[C@H](O)c1ccoc1. The van der Waals surface area contributed by atoms with Gasteiger partial charge in [0, 0.05) is 12.1 Å². The predicted molar refractivity (Wildman–Crippen MR) is 71.8 cm³/mol. The number of sulfonamides is 1. The number of aliphatic hydroxyl groups is 1. The number of methoxy groups -OCH3 is 1. The van der Waals surface area contributed by atoms with E-state index in [1.807, 2.05) is 0 Å². The van der Waals surface area contributed by atoms with E-state index in [9.17, 15) is 17.9 Å². The highest BCUT2D eigenvalue weighted by Gasteiger charge is 2.22. The van der Waals surface area contributed by atoms with Gasteiger partial charge in [-0.1, -0.05) is 0 Å². The third kappa shape index (κ3) is 3.60. The first-order valence-electron chi connectivity index (χ1n) is 5.97. The number of hydrogen-bond donors (Lipinski definition) is 2. The molecule has 2 aromatic rings. The Morgan fingerprint density at radius 2 is 2.19 bits per heavy atom. The quantitative estimate of drug-likeness (QED) is 0.842. The fraction of sp³-hybridized carbons (Fsp3) is 0.231. The Hall–Kier alpha value is -1.90. The molecule has 0 aliphatic carbocycles. The van der Waals surface area contributed by atoms with Crippen LogP contribution in [0.1, 0.15) is 11.7 Å². The maximum atomic E-state index is 13.2. The number of furan rings is 1. The molecule has 1 heterocycles. The molecule has 0 aliphatic rings. The van der Waals surface area contributed by atoms with E-state index in [0.717, 1.165) is 12.1 Å². The summed E-state index contributed by atoms with van der Waals surface area (Å²) in [6.45, 7) is -0.276. The minimum Gasteiger partial charge on any atom is -0.495 e. The van der Waals surface area contributed by atoms with E-state index in [4.69, 9.17) is 9.15 Å². The van der Waals surface area contributed by atoms with Gasteiger partial charge in [0.1, 0.15) is 16.5 Å². The molecule has 0 fully saturated rings. The third-order valence-electron chi connectivity index (χ3n) is 2.81. The van der Waals surface area contributed by atoms with Crippen LogP contribution in [0.15, 0.2) is 46.1 Å². The maximum Gasteiger partial charge on any atom is 0.244 e. The van der Waals surface area contributed by atoms with Gasteiger partial charge in [-0.15, -0.1) is 0 Å². The van der Waals surface area contributed by atoms with Crippen molar-refractivity contribution in [3.05, 3.63) is 48.2 Å². The van der Waals surface area contributed by atoms with Crippen LogP contribution in [0.5, 0.6) is 5.75 Å². The summed E-state index contributed by atoms with van der Waals surface area (Å²) in [4.78, 5) is -0.329. The summed E-state index contributed by atoms with van der Waals surface area (Å²) in [5.41, 5.74) is 0.434. The molecule has 2 N–H and O–H groups in total. The minimum atomic E-state index is -4.02. The van der Waals surface area contributed by atoms with E-state index in [0.29, 0.717) is 5.56 Å². The van der Waals surface area contributed by atoms with Crippen molar-refractivity contribution in [3.8, 4) is 5.75 Å². The lowest BCUT2D eigenvalue weighted by atomic mass is 10.2. The lowest BCUT2D eigenvalue weighted by molar-refractivity contribution is 0.181. The maximum absolute atomic E-state index is 13.2. The van der Waals surface area contributed by atoms with E-state index >= 15 is 0 Å². The Morgan fingerprint density at radius 3 is 2.81 bits per heavy atom. The van der Waals surface area contributed by atoms with Gasteiger partial charge in [-0.3, -0.25) is 0 Å². The monoisotopic (exact) mass is 315 g/mol. The number of halogens is 1. The molecule has 2 rings (SSSR count). The van der Waals surface area contributed by atoms with Crippen molar-refractivity contribution in [2.24, 2.45) is 0 Å². The van der Waals surface area contributed by atoms with Gasteiger partial charge >= 0.3 is 0 Å². The summed E-state index contributed by atoms with van der Waals surface area (Å²) < 4.78 is 49.4. The van der Waals surface area contributed by atoms with Gasteiger partial charge in [0.05, 0.1) is 25.7 Å². The first-order chi connectivity index (χ1) is 9.94. The molecule has 1 atom stereocenters. The molecule has 0 unspecified atom stereocenters. The van der Waals surface area contributed by atoms with Gasteiger partial charge in [-0.25, -0.2) is 17.5 Å². The molecule has 114 valence electrons. The van der Waals surface area contributed by atoms with Crippen LogP contribution in [0.2, 0.25) is 0 Å². The zero-order chi connectivity index (χ0) is 15.5. The number of aliphatic hydroxyl groups excluding tert-OH is 1. The molecule has 0 saturated carbocycles. The van der Waals surface area contributed by atoms with E-state index in [-0.39, 0.29) is 17.2 Å². The van der Waals surface area contributed by atoms with E-state index < -0.39 is 21.9 Å². The molecule has 8 heteroatoms. The summed E-state index contributed by atoms with van der Waals surface area (Å²) in [6.07, 6.45) is 1.60. The van der Waals surface area contributed by atoms with Gasteiger partial charge in [-0.05, 0) is 24.3 Å². The standard InChI is InChI=1S/C13H14FNO5S/c1-19-12-3-2-10(14)6-13(12)21(17,18)15-7-11(16)9-4-5-20-8-9/h2-6,8,11,15-16H,7H2,1H3/t11-/m0/s1. The molecule has 6 nitrogen and oxygen atoms in total. The molecule has 1 aromatic carbocycles. The number of ether oxygens (including phenoxy) is 1. The van der Waals surface area contributed by atoms with Crippen molar-refractivity contribution in [3.63, 3.8) is 0 Å². The number of benzene rings is 1. The van der Waals surface area contributed by atoms with E-state index in [2.05, 4.69) is 4.72 Å². The average Bonchev–Trinajstić information content (AvgIpc) is 2.99. The minimum absolute atomic E-state index is 0.0155. The molecule has 0 saturated heterocycles. The second-order valence-corrected chi connectivity index (χ2v) is 5.95. The molecule has 0 radical (unpaired) electrons. The summed E-state index contributed by atoms with van der Waals surface area (Å²) in [6, 6.07) is 4.68. The van der Waals surface area contributed by atoms with Crippen LogP contribution < -0.4 is 9.46 Å². The molecular formula is C13H14FNO5S. The fourth-order valence-corrected chi connectivity index (χ4v) is 2.93. The van der Waals surface area contributed by atoms with Gasteiger partial charge in [0.2, 0.25) is 10.0 Å². The molecule has 0 amide bonds. The van der Waals surface area contributed by atoms with Crippen molar-refractivity contribution in [1.29, 1.82) is 0 Å². The summed E-state index contributed by atoms with van der Waals surface area (Å²) in [5, 5.41) is 9.81. The molecule has 0 aliphatic heterocycles. The molecular weight excluding hydrogens is 301 g/mol. The normalized spacial score (nSPS) is 13.1. The van der Waals surface area contributed by atoms with Crippen LogP contribution in [-0.4, -0.2) is 27.2 Å². The predicted octanol–water partition coefficient (Wildman–Crippen LogP) is 1.44. The zero-order valence-corrected chi connectivity index (χ0v) is 11.9. The van der Waals surface area contributed by atoms with Crippen LogP contribution in [-0.2, 0) is 10.0 Å². The fourth-order valence-electron chi connectivity index (χ4n) is 1.71. The van der Waals surface area contributed by atoms with Crippen LogP contribution in [0.25, 0.3) is 0 Å². The summed E-state index contributed by atoms with van der Waals surface area (Å²) in [7, 11) is -2.73. The van der Waals surface area contributed by atoms with Crippen LogP contribution >= 0.6 is 0 Å². The van der Waals surface area contributed by atoms with Gasteiger partial charge < -0.3 is 14.3 Å². The smallest absolute Gasteiger partial charge is 0.244 e. The van der Waals surface area contributed by atoms with Gasteiger partial charge in [0.25, 0.3) is 0 Å². The highest BCUT2D eigenvalue weighted by molar-refractivity contribution is 7.89. The Bertz CT molecular complexity index is 699. The van der Waals surface area contributed by atoms with Crippen molar-refractivity contribution in [1.82, 2.24) is 4.72 Å². The Labute approximate surface area is 121 Å². The third-order valence-corrected chi connectivity index (χ3v) is 4.25.